The molecule has 0 amide bonds. The predicted molar refractivity (Wildman–Crippen MR) is 132 cm³/mol. The molecule has 0 bridgehead atoms. The van der Waals surface area contributed by atoms with Crippen molar-refractivity contribution in [3.8, 4) is 0 Å². The third-order valence-corrected chi connectivity index (χ3v) is 7.57. The van der Waals surface area contributed by atoms with Crippen molar-refractivity contribution in [2.45, 2.75) is 77.7 Å². The van der Waals surface area contributed by atoms with E-state index in [1.165, 1.54) is 57.3 Å². The summed E-state index contributed by atoms with van der Waals surface area (Å²) in [5, 5.41) is 3.54. The van der Waals surface area contributed by atoms with Crippen LogP contribution in [0, 0.1) is 17.8 Å². The van der Waals surface area contributed by atoms with E-state index >= 15 is 0 Å². The second kappa shape index (κ2) is 12.1. The zero-order valence-corrected chi connectivity index (χ0v) is 21.0. The molecule has 180 valence electrons. The lowest BCUT2D eigenvalue weighted by Crippen LogP contribution is -2.44. The number of anilines is 1. The normalized spacial score (nSPS) is 25.7. The van der Waals surface area contributed by atoms with E-state index in [0.717, 1.165) is 31.3 Å². The van der Waals surface area contributed by atoms with E-state index in [4.69, 9.17) is 0 Å². The van der Waals surface area contributed by atoms with Gasteiger partial charge in [0, 0.05) is 43.4 Å². The maximum Gasteiger partial charge on any atom is 0.222 e. The van der Waals surface area contributed by atoms with E-state index in [1.807, 2.05) is 26.2 Å². The molecule has 6 heteroatoms. The van der Waals surface area contributed by atoms with Crippen molar-refractivity contribution in [1.82, 2.24) is 19.8 Å². The highest BCUT2D eigenvalue weighted by atomic mass is 16.1. The third kappa shape index (κ3) is 7.24. The number of likely N-dealkylation sites (tertiary alicyclic amines) is 2. The van der Waals surface area contributed by atoms with Crippen LogP contribution < -0.4 is 5.32 Å². The summed E-state index contributed by atoms with van der Waals surface area (Å²) in [7, 11) is 4.41. The van der Waals surface area contributed by atoms with Gasteiger partial charge in [-0.3, -0.25) is 4.79 Å². The monoisotopic (exact) mass is 443 g/mol. The minimum atomic E-state index is 0.260. The van der Waals surface area contributed by atoms with E-state index in [1.54, 1.807) is 0 Å². The molecule has 2 unspecified atom stereocenters. The molecule has 6 nitrogen and oxygen atoms in total. The Bertz CT molecular complexity index is 695. The zero-order chi connectivity index (χ0) is 23.1. The Kier molecular flexibility index (Phi) is 9.47. The molecule has 2 atom stereocenters. The fourth-order valence-corrected chi connectivity index (χ4v) is 5.16. The first-order valence-corrected chi connectivity index (χ1v) is 12.8. The van der Waals surface area contributed by atoms with Crippen LogP contribution in [-0.4, -0.2) is 71.9 Å². The van der Waals surface area contributed by atoms with Crippen molar-refractivity contribution in [2.24, 2.45) is 17.8 Å². The number of aromatic nitrogens is 2. The average molecular weight is 444 g/mol. The van der Waals surface area contributed by atoms with Crippen LogP contribution in [0.4, 0.5) is 5.95 Å². The van der Waals surface area contributed by atoms with Crippen LogP contribution in [0.5, 0.6) is 0 Å². The molecule has 2 saturated heterocycles. The Morgan fingerprint density at radius 1 is 1.06 bits per heavy atom. The minimum Gasteiger partial charge on any atom is -0.350 e. The third-order valence-electron chi connectivity index (χ3n) is 7.57. The lowest BCUT2D eigenvalue weighted by molar-refractivity contribution is -0.128. The smallest absolute Gasteiger partial charge is 0.222 e. The highest BCUT2D eigenvalue weighted by molar-refractivity contribution is 5.83. The Hall–Kier alpha value is -1.53. The lowest BCUT2D eigenvalue weighted by Gasteiger charge is -2.35. The van der Waals surface area contributed by atoms with Gasteiger partial charge in [-0.25, -0.2) is 9.97 Å². The van der Waals surface area contributed by atoms with Crippen molar-refractivity contribution in [2.75, 3.05) is 45.6 Å². The Labute approximate surface area is 195 Å². The summed E-state index contributed by atoms with van der Waals surface area (Å²) in [5.74, 6) is 3.37. The number of nitrogens with one attached hydrogen (secondary N) is 1. The maximum absolute atomic E-state index is 11.1. The summed E-state index contributed by atoms with van der Waals surface area (Å²) < 4.78 is 0. The van der Waals surface area contributed by atoms with Gasteiger partial charge < -0.3 is 15.1 Å². The van der Waals surface area contributed by atoms with Crippen molar-refractivity contribution in [1.29, 1.82) is 0 Å². The molecule has 0 spiro atoms. The molecule has 4 rings (SSSR count). The van der Waals surface area contributed by atoms with Crippen LogP contribution in [0.2, 0.25) is 0 Å². The van der Waals surface area contributed by atoms with Crippen LogP contribution >= 0.6 is 0 Å². The molecule has 1 aromatic heterocycles. The molecule has 3 aliphatic rings. The van der Waals surface area contributed by atoms with Crippen LogP contribution in [0.25, 0.3) is 0 Å². The molecule has 32 heavy (non-hydrogen) atoms. The summed E-state index contributed by atoms with van der Waals surface area (Å²) >= 11 is 0. The Balaban J connectivity index is 0.000000269. The number of hydrogen-bond acceptors (Lipinski definition) is 6. The van der Waals surface area contributed by atoms with Gasteiger partial charge in [0.2, 0.25) is 5.95 Å². The molecule has 3 heterocycles. The highest BCUT2D eigenvalue weighted by Crippen LogP contribution is 2.29. The van der Waals surface area contributed by atoms with E-state index in [-0.39, 0.29) is 5.92 Å². The van der Waals surface area contributed by atoms with E-state index in [9.17, 15) is 4.79 Å². The summed E-state index contributed by atoms with van der Waals surface area (Å²) in [5.41, 5.74) is 1.30. The fourth-order valence-electron chi connectivity index (χ4n) is 5.16. The molecule has 1 saturated carbocycles. The average Bonchev–Trinajstić information content (AvgIpc) is 2.73. The largest absolute Gasteiger partial charge is 0.350 e. The van der Waals surface area contributed by atoms with Crippen molar-refractivity contribution in [3.05, 3.63) is 18.0 Å². The molecule has 3 fully saturated rings. The number of carbonyl (C=O) groups is 1. The van der Waals surface area contributed by atoms with Gasteiger partial charge in [-0.2, -0.15) is 0 Å². The summed E-state index contributed by atoms with van der Waals surface area (Å²) in [6.45, 7) is 10.9. The summed E-state index contributed by atoms with van der Waals surface area (Å²) in [6.07, 6.45) is 12.6. The maximum atomic E-state index is 11.1. The number of nitrogens with zero attached hydrogens (tertiary/aromatic N) is 4. The molecule has 1 aromatic rings. The van der Waals surface area contributed by atoms with Crippen LogP contribution in [-0.2, 0) is 4.79 Å². The van der Waals surface area contributed by atoms with Gasteiger partial charge in [0.05, 0.1) is 0 Å². The van der Waals surface area contributed by atoms with Gasteiger partial charge in [0.1, 0.15) is 5.78 Å². The topological polar surface area (TPSA) is 61.4 Å². The fraction of sp³-hybridized carbons (Fsp3) is 0.808. The zero-order valence-electron chi connectivity index (χ0n) is 21.0. The molecular weight excluding hydrogens is 398 g/mol. The second-order valence-electron chi connectivity index (χ2n) is 10.7. The van der Waals surface area contributed by atoms with Crippen molar-refractivity contribution >= 4 is 11.7 Å². The number of Topliss-reactive ketones (excluding diaryl/α,β-unsaturated/α-hetero) is 1. The number of rotatable bonds is 6. The molecule has 1 aliphatic carbocycles. The van der Waals surface area contributed by atoms with Gasteiger partial charge in [-0.15, -0.1) is 0 Å². The van der Waals surface area contributed by atoms with Gasteiger partial charge in [0.25, 0.3) is 0 Å². The van der Waals surface area contributed by atoms with E-state index in [2.05, 4.69) is 46.1 Å². The molecule has 1 N–H and O–H groups in total. The van der Waals surface area contributed by atoms with Crippen molar-refractivity contribution < 1.29 is 4.79 Å². The second-order valence-corrected chi connectivity index (χ2v) is 10.7. The van der Waals surface area contributed by atoms with Gasteiger partial charge in [0.15, 0.2) is 0 Å². The van der Waals surface area contributed by atoms with Crippen molar-refractivity contribution in [3.63, 3.8) is 0 Å². The molecule has 0 radical (unpaired) electrons. The van der Waals surface area contributed by atoms with Gasteiger partial charge in [-0.05, 0) is 76.7 Å². The first kappa shape index (κ1) is 25.1. The number of hydrogen-bond donors (Lipinski definition) is 1. The van der Waals surface area contributed by atoms with E-state index in [0.29, 0.717) is 23.7 Å². The SMILES string of the molecule is CC(C)C(=O)C1CCC1.CCC1CC(Nc2ncc(C3CCN(C)CC3)cn2)CN(C)C1. The number of piperidine rings is 2. The number of carbonyl (C=O) groups excluding carboxylic acids is 1. The van der Waals surface area contributed by atoms with Gasteiger partial charge in [-0.1, -0.05) is 33.6 Å². The summed E-state index contributed by atoms with van der Waals surface area (Å²) in [6, 6.07) is 0.466. The molecule has 2 aliphatic heterocycles. The van der Waals surface area contributed by atoms with E-state index < -0.39 is 0 Å². The predicted octanol–water partition coefficient (Wildman–Crippen LogP) is 4.44. The van der Waals surface area contributed by atoms with Crippen LogP contribution in [0.15, 0.2) is 12.4 Å². The van der Waals surface area contributed by atoms with Crippen LogP contribution in [0.3, 0.4) is 0 Å². The summed E-state index contributed by atoms with van der Waals surface area (Å²) in [4.78, 5) is 25.1. The standard InChI is InChI=1S/C18H31N5.C8H14O/c1-4-14-9-17(13-23(3)12-14)21-18-19-10-16(11-20-18)15-5-7-22(2)8-6-15;1-6(2)8(9)7-4-3-5-7/h10-11,14-15,17H,4-9,12-13H2,1-3H3,(H,19,20,21);6-7H,3-5H2,1-2H3. The Morgan fingerprint density at radius 3 is 2.22 bits per heavy atom. The first-order valence-electron chi connectivity index (χ1n) is 12.8. The number of ketones is 1. The quantitative estimate of drug-likeness (QED) is 0.701. The minimum absolute atomic E-state index is 0.260. The molecular formula is C26H45N5O. The highest BCUT2D eigenvalue weighted by Gasteiger charge is 2.27. The molecule has 0 aromatic carbocycles. The lowest BCUT2D eigenvalue weighted by atomic mass is 9.79. The van der Waals surface area contributed by atoms with Gasteiger partial charge >= 0.3 is 0 Å². The number of likely N-dealkylation sites (N-methyl/N-ethyl adjacent to an activating group) is 1. The van der Waals surface area contributed by atoms with Crippen LogP contribution in [0.1, 0.15) is 77.2 Å². The Morgan fingerprint density at radius 2 is 1.72 bits per heavy atom. The first-order chi connectivity index (χ1) is 15.4.